The molecule has 0 aliphatic carbocycles. The van der Waals surface area contributed by atoms with Gasteiger partial charge in [-0.1, -0.05) is 6.07 Å². The molecule has 6 heteroatoms. The molecule has 2 saturated heterocycles. The molecule has 2 bridgehead atoms. The lowest BCUT2D eigenvalue weighted by atomic mass is 9.88. The summed E-state index contributed by atoms with van der Waals surface area (Å²) in [4.78, 5) is 15.6. The number of nitrogens with zero attached hydrogens (tertiary/aromatic N) is 4. The van der Waals surface area contributed by atoms with E-state index in [1.807, 2.05) is 18.5 Å². The second-order valence-electron chi connectivity index (χ2n) is 6.73. The van der Waals surface area contributed by atoms with Gasteiger partial charge in [-0.2, -0.15) is 0 Å². The van der Waals surface area contributed by atoms with E-state index in [1.54, 1.807) is 12.4 Å². The SMILES string of the molecule is c1cc(N2C3CNCC2C3)c(NCc2ccc3nccnc3c2)cn1. The van der Waals surface area contributed by atoms with Gasteiger partial charge in [-0.25, -0.2) is 0 Å². The lowest BCUT2D eigenvalue weighted by Crippen LogP contribution is -2.68. The molecule has 2 aliphatic rings. The second-order valence-corrected chi connectivity index (χ2v) is 6.73. The Morgan fingerprint density at radius 1 is 1.04 bits per heavy atom. The predicted octanol–water partition coefficient (Wildman–Crippen LogP) is 2.19. The number of benzene rings is 1. The average molecular weight is 332 g/mol. The van der Waals surface area contributed by atoms with E-state index < -0.39 is 0 Å². The highest BCUT2D eigenvalue weighted by Gasteiger charge is 2.42. The summed E-state index contributed by atoms with van der Waals surface area (Å²) in [7, 11) is 0. The van der Waals surface area contributed by atoms with Crippen LogP contribution < -0.4 is 15.5 Å². The third-order valence-corrected chi connectivity index (χ3v) is 5.18. The summed E-state index contributed by atoms with van der Waals surface area (Å²) in [5.41, 5.74) is 5.40. The number of pyridine rings is 1. The van der Waals surface area contributed by atoms with Crippen molar-refractivity contribution in [3.63, 3.8) is 0 Å². The Bertz CT molecular complexity index is 897. The highest BCUT2D eigenvalue weighted by Crippen LogP contribution is 2.38. The van der Waals surface area contributed by atoms with Gasteiger partial charge in [0.05, 0.1) is 28.6 Å². The molecule has 6 nitrogen and oxygen atoms in total. The minimum Gasteiger partial charge on any atom is -0.378 e. The van der Waals surface area contributed by atoms with Crippen LogP contribution in [0.5, 0.6) is 0 Å². The molecular formula is C19H20N6. The third-order valence-electron chi connectivity index (χ3n) is 5.18. The van der Waals surface area contributed by atoms with Crippen LogP contribution in [0.15, 0.2) is 49.1 Å². The number of aromatic nitrogens is 3. The van der Waals surface area contributed by atoms with Crippen LogP contribution in [0.2, 0.25) is 0 Å². The third kappa shape index (κ3) is 2.59. The van der Waals surface area contributed by atoms with Crippen LogP contribution in [-0.2, 0) is 6.54 Å². The van der Waals surface area contributed by atoms with Gasteiger partial charge in [-0.15, -0.1) is 0 Å². The van der Waals surface area contributed by atoms with Crippen molar-refractivity contribution >= 4 is 22.4 Å². The van der Waals surface area contributed by atoms with Gasteiger partial charge >= 0.3 is 0 Å². The van der Waals surface area contributed by atoms with Crippen LogP contribution in [0.25, 0.3) is 11.0 Å². The maximum atomic E-state index is 4.39. The van der Waals surface area contributed by atoms with Crippen LogP contribution in [0.4, 0.5) is 11.4 Å². The van der Waals surface area contributed by atoms with Crippen molar-refractivity contribution in [3.05, 3.63) is 54.6 Å². The number of anilines is 2. The molecule has 5 rings (SSSR count). The van der Waals surface area contributed by atoms with Crippen molar-refractivity contribution in [1.82, 2.24) is 20.3 Å². The fraction of sp³-hybridized carbons (Fsp3) is 0.316. The summed E-state index contributed by atoms with van der Waals surface area (Å²) in [6.45, 7) is 2.88. The fourth-order valence-corrected chi connectivity index (χ4v) is 3.94. The van der Waals surface area contributed by atoms with E-state index in [4.69, 9.17) is 0 Å². The lowest BCUT2D eigenvalue weighted by Gasteiger charge is -2.55. The lowest BCUT2D eigenvalue weighted by molar-refractivity contribution is 0.263. The van der Waals surface area contributed by atoms with Gasteiger partial charge in [-0.3, -0.25) is 15.0 Å². The Morgan fingerprint density at radius 3 is 2.72 bits per heavy atom. The van der Waals surface area contributed by atoms with Crippen molar-refractivity contribution in [2.24, 2.45) is 0 Å². The number of hydrogen-bond acceptors (Lipinski definition) is 6. The number of rotatable bonds is 4. The van der Waals surface area contributed by atoms with Gasteiger partial charge in [0.1, 0.15) is 0 Å². The summed E-state index contributed by atoms with van der Waals surface area (Å²) in [5.74, 6) is 0. The van der Waals surface area contributed by atoms with Crippen molar-refractivity contribution in [3.8, 4) is 0 Å². The van der Waals surface area contributed by atoms with Crippen molar-refractivity contribution < 1.29 is 0 Å². The smallest absolute Gasteiger partial charge is 0.0890 e. The van der Waals surface area contributed by atoms with Crippen molar-refractivity contribution in [2.75, 3.05) is 23.3 Å². The zero-order valence-electron chi connectivity index (χ0n) is 13.9. The van der Waals surface area contributed by atoms with Gasteiger partial charge in [0.25, 0.3) is 0 Å². The van der Waals surface area contributed by atoms with E-state index in [1.165, 1.54) is 17.7 Å². The summed E-state index contributed by atoms with van der Waals surface area (Å²) >= 11 is 0. The first-order valence-electron chi connectivity index (χ1n) is 8.75. The molecule has 0 saturated carbocycles. The summed E-state index contributed by atoms with van der Waals surface area (Å²) in [6.07, 6.45) is 8.56. The standard InChI is InChI=1S/C19H20N6/c1-2-16-17(23-6-5-22-16)7-13(1)9-24-18-12-20-4-3-19(18)25-14-8-15(25)11-21-10-14/h1-7,12,14-15,21,24H,8-11H2. The Labute approximate surface area is 146 Å². The molecule has 2 N–H and O–H groups in total. The molecule has 2 unspecified atom stereocenters. The normalized spacial score (nSPS) is 21.8. The van der Waals surface area contributed by atoms with Crippen LogP contribution in [0.3, 0.4) is 0 Å². The Balaban J connectivity index is 1.37. The highest BCUT2D eigenvalue weighted by molar-refractivity contribution is 5.75. The average Bonchev–Trinajstić information content (AvgIpc) is 2.67. The first-order valence-corrected chi connectivity index (χ1v) is 8.75. The highest BCUT2D eigenvalue weighted by atomic mass is 15.3. The van der Waals surface area contributed by atoms with Gasteiger partial charge < -0.3 is 15.5 Å². The fourth-order valence-electron chi connectivity index (χ4n) is 3.94. The molecule has 126 valence electrons. The van der Waals surface area contributed by atoms with Crippen molar-refractivity contribution in [2.45, 2.75) is 25.0 Å². The van der Waals surface area contributed by atoms with Crippen molar-refractivity contribution in [1.29, 1.82) is 0 Å². The largest absolute Gasteiger partial charge is 0.378 e. The molecule has 2 aromatic heterocycles. The predicted molar refractivity (Wildman–Crippen MR) is 98.6 cm³/mol. The monoisotopic (exact) mass is 332 g/mol. The first kappa shape index (κ1) is 14.6. The minimum absolute atomic E-state index is 0.609. The Hall–Kier alpha value is -2.73. The molecule has 2 aliphatic heterocycles. The summed E-state index contributed by atoms with van der Waals surface area (Å²) in [6, 6.07) is 9.55. The molecule has 2 fully saturated rings. The Morgan fingerprint density at radius 2 is 1.88 bits per heavy atom. The number of fused-ring (bicyclic) bond motifs is 3. The molecule has 4 heterocycles. The number of piperidine rings is 1. The van der Waals surface area contributed by atoms with Crippen LogP contribution in [0, 0.1) is 0 Å². The van der Waals surface area contributed by atoms with Gasteiger partial charge in [-0.05, 0) is 30.2 Å². The first-order chi connectivity index (χ1) is 12.4. The molecule has 3 aromatic rings. The maximum Gasteiger partial charge on any atom is 0.0890 e. The molecule has 0 amide bonds. The molecule has 1 aromatic carbocycles. The molecule has 2 atom stereocenters. The van der Waals surface area contributed by atoms with E-state index >= 15 is 0 Å². The molecule has 0 spiro atoms. The molecule has 25 heavy (non-hydrogen) atoms. The Kier molecular flexibility index (Phi) is 3.48. The zero-order valence-corrected chi connectivity index (χ0v) is 13.9. The van der Waals surface area contributed by atoms with E-state index in [9.17, 15) is 0 Å². The summed E-state index contributed by atoms with van der Waals surface area (Å²) in [5, 5.41) is 7.05. The number of hydrogen-bond donors (Lipinski definition) is 2. The van der Waals surface area contributed by atoms with Gasteiger partial charge in [0, 0.05) is 50.3 Å². The van der Waals surface area contributed by atoms with Gasteiger partial charge in [0.2, 0.25) is 0 Å². The zero-order chi connectivity index (χ0) is 16.6. The molecular weight excluding hydrogens is 312 g/mol. The maximum absolute atomic E-state index is 4.39. The van der Waals surface area contributed by atoms with E-state index in [2.05, 4.69) is 48.7 Å². The molecule has 0 radical (unpaired) electrons. The number of nitrogens with one attached hydrogen (secondary N) is 2. The van der Waals surface area contributed by atoms with E-state index in [-0.39, 0.29) is 0 Å². The topological polar surface area (TPSA) is 66.0 Å². The summed E-state index contributed by atoms with van der Waals surface area (Å²) < 4.78 is 0. The number of piperazine rings is 1. The minimum atomic E-state index is 0.609. The van der Waals surface area contributed by atoms with Crippen LogP contribution in [0.1, 0.15) is 12.0 Å². The van der Waals surface area contributed by atoms with E-state index in [0.29, 0.717) is 12.1 Å². The van der Waals surface area contributed by atoms with Gasteiger partial charge in [0.15, 0.2) is 0 Å². The van der Waals surface area contributed by atoms with E-state index in [0.717, 1.165) is 36.4 Å². The van der Waals surface area contributed by atoms with Crippen LogP contribution in [-0.4, -0.2) is 40.1 Å². The quantitative estimate of drug-likeness (QED) is 0.763. The van der Waals surface area contributed by atoms with Crippen LogP contribution >= 0.6 is 0 Å². The second kappa shape index (κ2) is 5.97.